The topological polar surface area (TPSA) is 47.3 Å². The summed E-state index contributed by atoms with van der Waals surface area (Å²) in [4.78, 5) is 4.89. The predicted octanol–water partition coefficient (Wildman–Crippen LogP) is 2.10. The van der Waals surface area contributed by atoms with E-state index in [4.69, 9.17) is 10.6 Å². The van der Waals surface area contributed by atoms with Gasteiger partial charge in [-0.1, -0.05) is 6.07 Å². The minimum absolute atomic E-state index is 0.155. The third-order valence-electron chi connectivity index (χ3n) is 2.42. The second kappa shape index (κ2) is 4.44. The van der Waals surface area contributed by atoms with E-state index in [0.29, 0.717) is 0 Å². The molecule has 3 heteroatoms. The highest BCUT2D eigenvalue weighted by molar-refractivity contribution is 5.52. The van der Waals surface area contributed by atoms with Crippen molar-refractivity contribution in [1.29, 1.82) is 0 Å². The molecule has 1 aromatic rings. The molecule has 0 spiro atoms. The molecule has 1 aromatic carbocycles. The number of hydrogen-bond donors (Lipinski definition) is 2. The quantitative estimate of drug-likeness (QED) is 0.572. The summed E-state index contributed by atoms with van der Waals surface area (Å²) < 4.78 is 0. The summed E-state index contributed by atoms with van der Waals surface area (Å²) in [6.07, 6.45) is 0. The third kappa shape index (κ3) is 2.25. The molecule has 78 valence electrons. The van der Waals surface area contributed by atoms with Crippen LogP contribution < -0.4 is 11.2 Å². The van der Waals surface area contributed by atoms with Gasteiger partial charge in [-0.15, -0.1) is 0 Å². The molecule has 0 saturated heterocycles. The second-order valence-electron chi connectivity index (χ2n) is 3.61. The molecule has 1 atom stereocenters. The van der Waals surface area contributed by atoms with E-state index in [1.54, 1.807) is 7.11 Å². The summed E-state index contributed by atoms with van der Waals surface area (Å²) >= 11 is 0. The van der Waals surface area contributed by atoms with Crippen molar-refractivity contribution in [2.75, 3.05) is 12.8 Å². The lowest BCUT2D eigenvalue weighted by Crippen LogP contribution is -2.18. The normalized spacial score (nSPS) is 12.9. The summed E-state index contributed by atoms with van der Waals surface area (Å²) in [6.45, 7) is 6.14. The van der Waals surface area contributed by atoms with Crippen LogP contribution in [0.5, 0.6) is 0 Å². The molecule has 0 aromatic heterocycles. The monoisotopic (exact) mass is 194 g/mol. The van der Waals surface area contributed by atoms with E-state index < -0.39 is 0 Å². The number of nitrogen functional groups attached to an aromatic ring is 1. The first-order valence-corrected chi connectivity index (χ1v) is 4.71. The Morgan fingerprint density at radius 1 is 1.29 bits per heavy atom. The summed E-state index contributed by atoms with van der Waals surface area (Å²) in [6, 6.07) is 4.25. The van der Waals surface area contributed by atoms with Crippen LogP contribution in [0.4, 0.5) is 5.69 Å². The van der Waals surface area contributed by atoms with E-state index in [-0.39, 0.29) is 6.04 Å². The van der Waals surface area contributed by atoms with Gasteiger partial charge in [0.2, 0.25) is 0 Å². The lowest BCUT2D eigenvalue weighted by Gasteiger charge is -2.16. The lowest BCUT2D eigenvalue weighted by molar-refractivity contribution is 0.0657. The number of nitrogens with one attached hydrogen (secondary N) is 1. The Kier molecular flexibility index (Phi) is 3.49. The van der Waals surface area contributed by atoms with E-state index in [9.17, 15) is 0 Å². The van der Waals surface area contributed by atoms with Crippen molar-refractivity contribution in [3.05, 3.63) is 28.8 Å². The van der Waals surface area contributed by atoms with Gasteiger partial charge in [0.05, 0.1) is 13.2 Å². The fraction of sp³-hybridized carbons (Fsp3) is 0.455. The Balaban J connectivity index is 3.02. The number of anilines is 1. The zero-order valence-corrected chi connectivity index (χ0v) is 9.22. The fourth-order valence-electron chi connectivity index (χ4n) is 1.59. The number of rotatable bonds is 3. The minimum atomic E-state index is 0.155. The molecule has 0 heterocycles. The maximum atomic E-state index is 5.85. The fourth-order valence-corrected chi connectivity index (χ4v) is 1.59. The zero-order chi connectivity index (χ0) is 10.7. The molecule has 0 saturated carbocycles. The molecule has 3 N–H and O–H groups in total. The van der Waals surface area contributed by atoms with Gasteiger partial charge in [-0.2, -0.15) is 5.48 Å². The molecule has 0 bridgehead atoms. The Bertz CT molecular complexity index is 323. The molecule has 0 fully saturated rings. The molecular weight excluding hydrogens is 176 g/mol. The number of hydrogen-bond acceptors (Lipinski definition) is 3. The van der Waals surface area contributed by atoms with Crippen molar-refractivity contribution in [2.45, 2.75) is 26.8 Å². The van der Waals surface area contributed by atoms with Gasteiger partial charge in [-0.05, 0) is 43.5 Å². The Labute approximate surface area is 85.2 Å². The maximum Gasteiger partial charge on any atom is 0.0572 e. The molecule has 0 amide bonds. The van der Waals surface area contributed by atoms with Gasteiger partial charge in [0.25, 0.3) is 0 Å². The predicted molar refractivity (Wildman–Crippen MR) is 58.9 cm³/mol. The molecule has 0 aliphatic heterocycles. The largest absolute Gasteiger partial charge is 0.399 e. The van der Waals surface area contributed by atoms with Crippen LogP contribution in [0.2, 0.25) is 0 Å². The highest BCUT2D eigenvalue weighted by Gasteiger charge is 2.09. The van der Waals surface area contributed by atoms with Crippen LogP contribution in [0, 0.1) is 13.8 Å². The van der Waals surface area contributed by atoms with Crippen molar-refractivity contribution in [1.82, 2.24) is 5.48 Å². The molecule has 3 nitrogen and oxygen atoms in total. The number of benzene rings is 1. The van der Waals surface area contributed by atoms with Crippen molar-refractivity contribution in [2.24, 2.45) is 0 Å². The van der Waals surface area contributed by atoms with Crippen molar-refractivity contribution >= 4 is 5.69 Å². The van der Waals surface area contributed by atoms with E-state index in [0.717, 1.165) is 11.3 Å². The van der Waals surface area contributed by atoms with Gasteiger partial charge in [0.15, 0.2) is 0 Å². The highest BCUT2D eigenvalue weighted by atomic mass is 16.6. The number of hydroxylamine groups is 1. The number of aryl methyl sites for hydroxylation is 2. The maximum absolute atomic E-state index is 5.85. The van der Waals surface area contributed by atoms with E-state index in [1.807, 2.05) is 19.9 Å². The van der Waals surface area contributed by atoms with E-state index in [2.05, 4.69) is 18.5 Å². The van der Waals surface area contributed by atoms with Gasteiger partial charge in [-0.3, -0.25) is 0 Å². The van der Waals surface area contributed by atoms with Crippen LogP contribution in [-0.2, 0) is 4.84 Å². The summed E-state index contributed by atoms with van der Waals surface area (Å²) in [5.74, 6) is 0. The van der Waals surface area contributed by atoms with Gasteiger partial charge in [0, 0.05) is 5.69 Å². The SMILES string of the molecule is CONC(C)c1cc(N)c(C)cc1C. The molecule has 0 radical (unpaired) electrons. The standard InChI is InChI=1S/C11H18N2O/c1-7-5-8(2)11(12)6-10(7)9(3)13-14-4/h5-6,9,13H,12H2,1-4H3. The highest BCUT2D eigenvalue weighted by Crippen LogP contribution is 2.23. The molecule has 14 heavy (non-hydrogen) atoms. The van der Waals surface area contributed by atoms with E-state index in [1.165, 1.54) is 11.1 Å². The van der Waals surface area contributed by atoms with Gasteiger partial charge in [-0.25, -0.2) is 0 Å². The summed E-state index contributed by atoms with van der Waals surface area (Å²) in [5.41, 5.74) is 13.1. The molecule has 0 aliphatic carbocycles. The Hall–Kier alpha value is -1.06. The molecule has 1 rings (SSSR count). The van der Waals surface area contributed by atoms with Gasteiger partial charge in [0.1, 0.15) is 0 Å². The van der Waals surface area contributed by atoms with Crippen LogP contribution in [-0.4, -0.2) is 7.11 Å². The van der Waals surface area contributed by atoms with Crippen molar-refractivity contribution in [3.63, 3.8) is 0 Å². The second-order valence-corrected chi connectivity index (χ2v) is 3.61. The summed E-state index contributed by atoms with van der Waals surface area (Å²) in [7, 11) is 1.61. The molecule has 0 aliphatic rings. The first-order chi connectivity index (χ1) is 6.56. The Morgan fingerprint density at radius 3 is 2.50 bits per heavy atom. The van der Waals surface area contributed by atoms with Gasteiger partial charge >= 0.3 is 0 Å². The van der Waals surface area contributed by atoms with Crippen LogP contribution in [0.1, 0.15) is 29.7 Å². The zero-order valence-electron chi connectivity index (χ0n) is 9.22. The molecule has 1 unspecified atom stereocenters. The summed E-state index contributed by atoms with van der Waals surface area (Å²) in [5, 5.41) is 0. The van der Waals surface area contributed by atoms with Crippen LogP contribution in [0.3, 0.4) is 0 Å². The van der Waals surface area contributed by atoms with E-state index >= 15 is 0 Å². The van der Waals surface area contributed by atoms with Gasteiger partial charge < -0.3 is 10.6 Å². The van der Waals surface area contributed by atoms with Crippen molar-refractivity contribution in [3.8, 4) is 0 Å². The van der Waals surface area contributed by atoms with Crippen LogP contribution in [0.25, 0.3) is 0 Å². The van der Waals surface area contributed by atoms with Crippen molar-refractivity contribution < 1.29 is 4.84 Å². The smallest absolute Gasteiger partial charge is 0.0572 e. The third-order valence-corrected chi connectivity index (χ3v) is 2.42. The Morgan fingerprint density at radius 2 is 1.93 bits per heavy atom. The molecular formula is C11H18N2O. The average Bonchev–Trinajstić information content (AvgIpc) is 2.11. The van der Waals surface area contributed by atoms with Crippen LogP contribution >= 0.6 is 0 Å². The number of nitrogens with two attached hydrogens (primary N) is 1. The first kappa shape index (κ1) is 11.0. The minimum Gasteiger partial charge on any atom is -0.399 e. The average molecular weight is 194 g/mol. The van der Waals surface area contributed by atoms with Crippen LogP contribution in [0.15, 0.2) is 12.1 Å². The first-order valence-electron chi connectivity index (χ1n) is 4.71. The lowest BCUT2D eigenvalue weighted by atomic mass is 9.99.